The van der Waals surface area contributed by atoms with Crippen LogP contribution in [0.5, 0.6) is 5.75 Å². The molecule has 0 spiro atoms. The summed E-state index contributed by atoms with van der Waals surface area (Å²) in [5, 5.41) is 12.3. The lowest BCUT2D eigenvalue weighted by Crippen LogP contribution is -1.95. The van der Waals surface area contributed by atoms with Crippen LogP contribution < -0.4 is 0 Å². The third-order valence-electron chi connectivity index (χ3n) is 1.53. The van der Waals surface area contributed by atoms with Gasteiger partial charge in [0.15, 0.2) is 9.84 Å². The van der Waals surface area contributed by atoms with Gasteiger partial charge in [-0.1, -0.05) is 5.11 Å². The minimum absolute atomic E-state index is 0.00213. The number of phenols is 1. The van der Waals surface area contributed by atoms with Crippen LogP contribution in [-0.4, -0.2) is 19.8 Å². The maximum Gasteiger partial charge on any atom is 0.175 e. The molecule has 0 aliphatic carbocycles. The zero-order chi connectivity index (χ0) is 10.8. The molecule has 0 fully saturated rings. The first-order valence-corrected chi connectivity index (χ1v) is 5.42. The molecule has 0 atom stereocenters. The van der Waals surface area contributed by atoms with Gasteiger partial charge in [-0.05, 0) is 23.7 Å². The summed E-state index contributed by atoms with van der Waals surface area (Å²) >= 11 is 0. The lowest BCUT2D eigenvalue weighted by Gasteiger charge is -2.01. The summed E-state index contributed by atoms with van der Waals surface area (Å²) in [6.07, 6.45) is 1.03. The van der Waals surface area contributed by atoms with Crippen LogP contribution in [0, 0.1) is 0 Å². The van der Waals surface area contributed by atoms with Crippen LogP contribution >= 0.6 is 0 Å². The van der Waals surface area contributed by atoms with Gasteiger partial charge in [-0.2, -0.15) is 0 Å². The average Bonchev–Trinajstić information content (AvgIpc) is 2.07. The van der Waals surface area contributed by atoms with Crippen LogP contribution in [0.2, 0.25) is 0 Å². The van der Waals surface area contributed by atoms with E-state index in [0.717, 1.165) is 12.3 Å². The van der Waals surface area contributed by atoms with Gasteiger partial charge in [-0.25, -0.2) is 8.42 Å². The molecule has 0 unspecified atom stereocenters. The minimum Gasteiger partial charge on any atom is -0.507 e. The molecular weight excluding hydrogens is 206 g/mol. The molecule has 0 aliphatic rings. The van der Waals surface area contributed by atoms with Gasteiger partial charge in [0.05, 0.1) is 10.6 Å². The van der Waals surface area contributed by atoms with Crippen LogP contribution in [0.4, 0.5) is 5.69 Å². The summed E-state index contributed by atoms with van der Waals surface area (Å²) in [6, 6.07) is 3.52. The van der Waals surface area contributed by atoms with E-state index in [9.17, 15) is 13.5 Å². The summed E-state index contributed by atoms with van der Waals surface area (Å²) in [6.45, 7) is 0. The maximum absolute atomic E-state index is 11.1. The molecule has 0 bridgehead atoms. The normalized spacial score (nSPS) is 10.6. The summed E-state index contributed by atoms with van der Waals surface area (Å²) in [4.78, 5) is 2.46. The van der Waals surface area contributed by atoms with E-state index >= 15 is 0 Å². The Labute approximate surface area is 80.3 Å². The molecule has 1 aromatic rings. The van der Waals surface area contributed by atoms with Gasteiger partial charge in [0.2, 0.25) is 0 Å². The van der Waals surface area contributed by atoms with Crippen molar-refractivity contribution in [3.63, 3.8) is 0 Å². The predicted molar refractivity (Wildman–Crippen MR) is 50.0 cm³/mol. The first-order chi connectivity index (χ1) is 6.45. The Morgan fingerprint density at radius 3 is 2.64 bits per heavy atom. The molecule has 6 nitrogen and oxygen atoms in total. The van der Waals surface area contributed by atoms with E-state index in [0.29, 0.717) is 0 Å². The van der Waals surface area contributed by atoms with Crippen LogP contribution in [0.25, 0.3) is 10.4 Å². The largest absolute Gasteiger partial charge is 0.507 e. The van der Waals surface area contributed by atoms with E-state index in [1.807, 2.05) is 0 Å². The van der Waals surface area contributed by atoms with E-state index in [2.05, 4.69) is 10.0 Å². The second-order valence-electron chi connectivity index (χ2n) is 2.61. The van der Waals surface area contributed by atoms with Crippen molar-refractivity contribution in [2.24, 2.45) is 5.11 Å². The number of benzene rings is 1. The highest BCUT2D eigenvalue weighted by Gasteiger charge is 2.09. The van der Waals surface area contributed by atoms with Crippen LogP contribution in [0.15, 0.2) is 28.2 Å². The van der Waals surface area contributed by atoms with Gasteiger partial charge in [-0.15, -0.1) is 0 Å². The average molecular weight is 213 g/mol. The number of phenolic OH excluding ortho intramolecular Hbond substituents is 1. The molecule has 74 valence electrons. The smallest absolute Gasteiger partial charge is 0.175 e. The Hall–Kier alpha value is -1.72. The Bertz CT molecular complexity index is 503. The van der Waals surface area contributed by atoms with Gasteiger partial charge >= 0.3 is 0 Å². The highest BCUT2D eigenvalue weighted by atomic mass is 32.2. The highest BCUT2D eigenvalue weighted by Crippen LogP contribution is 2.28. The molecular formula is C7H7N3O3S. The number of hydrogen-bond acceptors (Lipinski definition) is 4. The van der Waals surface area contributed by atoms with Crippen LogP contribution in [0.3, 0.4) is 0 Å². The minimum atomic E-state index is -3.35. The lowest BCUT2D eigenvalue weighted by atomic mass is 10.3. The third kappa shape index (κ3) is 2.15. The summed E-state index contributed by atoms with van der Waals surface area (Å²) < 4.78 is 22.2. The Morgan fingerprint density at radius 2 is 2.14 bits per heavy atom. The maximum atomic E-state index is 11.1. The van der Waals surface area contributed by atoms with Crippen molar-refractivity contribution in [3.8, 4) is 5.75 Å². The molecule has 1 N–H and O–H groups in total. The van der Waals surface area contributed by atoms with E-state index in [1.165, 1.54) is 12.1 Å². The van der Waals surface area contributed by atoms with Gasteiger partial charge < -0.3 is 5.11 Å². The summed E-state index contributed by atoms with van der Waals surface area (Å²) in [5.74, 6) is -0.254. The van der Waals surface area contributed by atoms with E-state index in [-0.39, 0.29) is 16.3 Å². The number of hydrogen-bond donors (Lipinski definition) is 1. The summed E-state index contributed by atoms with van der Waals surface area (Å²) in [5.41, 5.74) is 8.03. The fourth-order valence-electron chi connectivity index (χ4n) is 0.862. The van der Waals surface area contributed by atoms with Crippen molar-refractivity contribution < 1.29 is 13.5 Å². The molecule has 0 saturated heterocycles. The standard InChI is InChI=1S/C7H7N3O3S/c1-14(12,13)5-2-3-7(11)6(4-5)9-10-8/h2-4,11H,1H3. The number of sulfone groups is 1. The van der Waals surface area contributed by atoms with Crippen molar-refractivity contribution in [1.29, 1.82) is 0 Å². The van der Waals surface area contributed by atoms with Crippen LogP contribution in [0.1, 0.15) is 0 Å². The SMILES string of the molecule is CS(=O)(=O)c1ccc(O)c(N=[N+]=[N-])c1. The zero-order valence-corrected chi connectivity index (χ0v) is 8.06. The predicted octanol–water partition coefficient (Wildman–Crippen LogP) is 1.74. The molecule has 1 aromatic carbocycles. The lowest BCUT2D eigenvalue weighted by molar-refractivity contribution is 0.476. The van der Waals surface area contributed by atoms with E-state index < -0.39 is 9.84 Å². The molecule has 0 amide bonds. The molecule has 0 aromatic heterocycles. The second kappa shape index (κ2) is 3.57. The number of rotatable bonds is 2. The third-order valence-corrected chi connectivity index (χ3v) is 2.64. The van der Waals surface area contributed by atoms with Crippen molar-refractivity contribution in [2.45, 2.75) is 4.90 Å². The molecule has 1 rings (SSSR count). The van der Waals surface area contributed by atoms with Crippen molar-refractivity contribution in [2.75, 3.05) is 6.26 Å². The molecule has 0 radical (unpaired) electrons. The van der Waals surface area contributed by atoms with E-state index in [4.69, 9.17) is 5.53 Å². The van der Waals surface area contributed by atoms with Gasteiger partial charge in [-0.3, -0.25) is 0 Å². The second-order valence-corrected chi connectivity index (χ2v) is 4.63. The first-order valence-electron chi connectivity index (χ1n) is 3.53. The molecule has 14 heavy (non-hydrogen) atoms. The van der Waals surface area contributed by atoms with Gasteiger partial charge in [0.25, 0.3) is 0 Å². The fourth-order valence-corrected chi connectivity index (χ4v) is 1.50. The zero-order valence-electron chi connectivity index (χ0n) is 7.25. The Kier molecular flexibility index (Phi) is 2.64. The number of aromatic hydroxyl groups is 1. The Morgan fingerprint density at radius 1 is 1.50 bits per heavy atom. The van der Waals surface area contributed by atoms with Gasteiger partial charge in [0.1, 0.15) is 5.75 Å². The van der Waals surface area contributed by atoms with Crippen molar-refractivity contribution in [3.05, 3.63) is 28.6 Å². The Balaban J connectivity index is 3.41. The summed E-state index contributed by atoms with van der Waals surface area (Å²) in [7, 11) is -3.35. The molecule has 0 aliphatic heterocycles. The van der Waals surface area contributed by atoms with Crippen molar-refractivity contribution >= 4 is 15.5 Å². The quantitative estimate of drug-likeness (QED) is 0.459. The monoisotopic (exact) mass is 213 g/mol. The fraction of sp³-hybridized carbons (Fsp3) is 0.143. The molecule has 0 saturated carbocycles. The van der Waals surface area contributed by atoms with E-state index in [1.54, 1.807) is 0 Å². The molecule has 7 heteroatoms. The number of nitrogens with zero attached hydrogens (tertiary/aromatic N) is 3. The first kappa shape index (κ1) is 10.4. The van der Waals surface area contributed by atoms with Crippen molar-refractivity contribution in [1.82, 2.24) is 0 Å². The van der Waals surface area contributed by atoms with Gasteiger partial charge in [0, 0.05) is 11.2 Å². The topological polar surface area (TPSA) is 103 Å². The highest BCUT2D eigenvalue weighted by molar-refractivity contribution is 7.90. The molecule has 0 heterocycles. The van der Waals surface area contributed by atoms with Crippen LogP contribution in [-0.2, 0) is 9.84 Å². The number of azide groups is 1.